The van der Waals surface area contributed by atoms with Gasteiger partial charge >= 0.3 is 29.0 Å². The molecule has 45 heavy (non-hydrogen) atoms. The van der Waals surface area contributed by atoms with Gasteiger partial charge in [0.05, 0.1) is 22.8 Å². The molecule has 6 rings (SSSR count). The third-order valence-corrected chi connectivity index (χ3v) is 10.0. The standard InChI is InChI=1S/C34H36N4O4S2.Fe/c1-15-20(6-8-31(39)40)26-13-27-21(7-9-32(41)42)16(2)23(36-27)11-29-34(30-14-44-30)18(4)25(38-29)12-28-33(19(5)43)17(3)24(37-28)10-22(15)35-26;/h10-13,19,30H,6-9,14H2,1-5H3,(H5,35,36,37,38,39,40,41,42,43);/q;+2/p-1/t19-,30-;/m0./s1. The summed E-state index contributed by atoms with van der Waals surface area (Å²) in [6.07, 6.45) is 0.569. The zero-order valence-corrected chi connectivity index (χ0v) is 28.6. The molecule has 8 bridgehead atoms. The van der Waals surface area contributed by atoms with Crippen LogP contribution >= 0.6 is 12.6 Å². The van der Waals surface area contributed by atoms with E-state index in [1.807, 2.05) is 39.0 Å². The van der Waals surface area contributed by atoms with Gasteiger partial charge in [-0.25, -0.2) is 9.97 Å². The van der Waals surface area contributed by atoms with E-state index in [4.69, 9.17) is 32.6 Å². The van der Waals surface area contributed by atoms with Crippen LogP contribution in [0.3, 0.4) is 0 Å². The minimum atomic E-state index is -0.884. The van der Waals surface area contributed by atoms with Crippen molar-refractivity contribution in [3.8, 4) is 0 Å². The Kier molecular flexibility index (Phi) is 9.47. The van der Waals surface area contributed by atoms with Crippen LogP contribution < -0.4 is 9.97 Å². The molecule has 1 fully saturated rings. The van der Waals surface area contributed by atoms with Crippen LogP contribution in [0.4, 0.5) is 0 Å². The maximum atomic E-state index is 11.6. The van der Waals surface area contributed by atoms with E-state index in [1.54, 1.807) is 0 Å². The number of carboxylic acids is 2. The summed E-state index contributed by atoms with van der Waals surface area (Å²) in [5.41, 5.74) is 14.1. The number of carbonyl (C=O) groups is 2. The zero-order valence-electron chi connectivity index (χ0n) is 25.7. The minimum absolute atomic E-state index is 0. The van der Waals surface area contributed by atoms with Crippen LogP contribution in [-0.2, 0) is 44.8 Å². The van der Waals surface area contributed by atoms with Gasteiger partial charge in [-0.15, -0.1) is 22.1 Å². The van der Waals surface area contributed by atoms with Gasteiger partial charge in [0.1, 0.15) is 0 Å². The minimum Gasteiger partial charge on any atom is -0.657 e. The number of fused-ring (bicyclic) bond motifs is 8. The first-order valence-corrected chi connectivity index (χ1v) is 16.4. The molecule has 2 N–H and O–H groups in total. The quantitative estimate of drug-likeness (QED) is 0.112. The summed E-state index contributed by atoms with van der Waals surface area (Å²) in [5, 5.41) is 19.4. The average molecular weight is 684 g/mol. The topological polar surface area (TPSA) is 129 Å². The molecule has 0 radical (unpaired) electrons. The Morgan fingerprint density at radius 3 is 2.07 bits per heavy atom. The maximum absolute atomic E-state index is 11.6. The number of nitrogens with zero attached hydrogens (tertiary/aromatic N) is 4. The van der Waals surface area contributed by atoms with E-state index in [2.05, 4.69) is 19.9 Å². The summed E-state index contributed by atoms with van der Waals surface area (Å²) in [6, 6.07) is 7.94. The van der Waals surface area contributed by atoms with Gasteiger partial charge in [-0.1, -0.05) is 34.9 Å². The number of hydrogen-bond acceptors (Lipinski definition) is 5. The Balaban J connectivity index is 0.00000400. The Morgan fingerprint density at radius 1 is 0.844 bits per heavy atom. The molecule has 11 heteroatoms. The van der Waals surface area contributed by atoms with Crippen LogP contribution in [0.5, 0.6) is 0 Å². The van der Waals surface area contributed by atoms with E-state index in [0.717, 1.165) is 78.4 Å². The summed E-state index contributed by atoms with van der Waals surface area (Å²) in [5.74, 6) is -0.666. The number of aryl methyl sites for hydroxylation is 3. The molecule has 0 aliphatic carbocycles. The SMILES string of the molecule is CC1=C(CCC(=O)O)c2cc3[n-]c(cc4[n-]c(cc5nc(cc1n2)C(C)=C5[C@H](C)S)c(C)c4[C@@H]1C[SH+]1)c(C)c3CCC(=O)O.[Fe+2]. The van der Waals surface area contributed by atoms with E-state index in [0.29, 0.717) is 29.3 Å². The van der Waals surface area contributed by atoms with Crippen molar-refractivity contribution in [2.75, 3.05) is 5.75 Å². The molecular weight excluding hydrogens is 648 g/mol. The van der Waals surface area contributed by atoms with Gasteiger partial charge in [0.25, 0.3) is 0 Å². The number of carboxylic acid groups (broad SMARTS) is 2. The summed E-state index contributed by atoms with van der Waals surface area (Å²) in [6.45, 7) is 10.2. The summed E-state index contributed by atoms with van der Waals surface area (Å²) < 4.78 is 0. The molecule has 234 valence electrons. The van der Waals surface area contributed by atoms with Gasteiger partial charge in [0, 0.05) is 18.1 Å². The predicted octanol–water partition coefficient (Wildman–Crippen LogP) is 6.12. The smallest absolute Gasteiger partial charge is 0.657 e. The predicted molar refractivity (Wildman–Crippen MR) is 181 cm³/mol. The van der Waals surface area contributed by atoms with Gasteiger partial charge in [-0.2, -0.15) is 12.6 Å². The molecular formula is C34H35FeN4O4S2+. The Hall–Kier alpha value is -3.24. The molecule has 3 aliphatic heterocycles. The molecule has 3 aromatic heterocycles. The van der Waals surface area contributed by atoms with Crippen LogP contribution in [0.15, 0.2) is 24.3 Å². The second-order valence-corrected chi connectivity index (χ2v) is 13.9. The molecule has 0 amide bonds. The summed E-state index contributed by atoms with van der Waals surface area (Å²) in [4.78, 5) is 43.3. The van der Waals surface area contributed by atoms with E-state index < -0.39 is 11.9 Å². The number of rotatable bonds is 8. The molecule has 1 saturated heterocycles. The molecule has 0 unspecified atom stereocenters. The fourth-order valence-corrected chi connectivity index (χ4v) is 7.40. The Labute approximate surface area is 282 Å². The van der Waals surface area contributed by atoms with Crippen molar-refractivity contribution < 1.29 is 36.9 Å². The molecule has 3 aromatic rings. The van der Waals surface area contributed by atoms with Crippen molar-refractivity contribution in [3.63, 3.8) is 0 Å². The normalized spacial score (nSPS) is 16.5. The van der Waals surface area contributed by atoms with Crippen LogP contribution in [-0.4, -0.2) is 43.1 Å². The average Bonchev–Trinajstić information content (AvgIpc) is 3.49. The second-order valence-electron chi connectivity index (χ2n) is 11.7. The number of aromatic nitrogens is 4. The van der Waals surface area contributed by atoms with E-state index in [-0.39, 0.29) is 35.2 Å². The van der Waals surface area contributed by atoms with Gasteiger partial charge in [0.2, 0.25) is 0 Å². The first kappa shape index (κ1) is 33.1. The molecule has 6 heterocycles. The fraction of sp³-hybridized carbons (Fsp3) is 0.353. The van der Waals surface area contributed by atoms with Gasteiger partial charge in [-0.05, 0) is 93.1 Å². The Bertz CT molecular complexity index is 1970. The molecule has 8 nitrogen and oxygen atoms in total. The maximum Gasteiger partial charge on any atom is 2.00 e. The van der Waals surface area contributed by atoms with Crippen LogP contribution in [0.2, 0.25) is 0 Å². The van der Waals surface area contributed by atoms with Gasteiger partial charge in [-0.3, -0.25) is 9.59 Å². The van der Waals surface area contributed by atoms with Crippen LogP contribution in [0.1, 0.15) is 90.3 Å². The molecule has 0 aromatic carbocycles. The fourth-order valence-electron chi connectivity index (χ4n) is 6.28. The van der Waals surface area contributed by atoms with Gasteiger partial charge < -0.3 is 20.2 Å². The van der Waals surface area contributed by atoms with Crippen molar-refractivity contribution in [2.24, 2.45) is 0 Å². The van der Waals surface area contributed by atoms with E-state index >= 15 is 0 Å². The van der Waals surface area contributed by atoms with Crippen LogP contribution in [0, 0.1) is 13.8 Å². The largest absolute Gasteiger partial charge is 2.00 e. The molecule has 3 aliphatic rings. The first-order chi connectivity index (χ1) is 20.9. The molecule has 0 saturated carbocycles. The van der Waals surface area contributed by atoms with E-state index in [9.17, 15) is 19.8 Å². The number of allylic oxidation sites excluding steroid dienone is 3. The first-order valence-electron chi connectivity index (χ1n) is 14.8. The molecule has 2 atom stereocenters. The van der Waals surface area contributed by atoms with Crippen molar-refractivity contribution >= 4 is 80.7 Å². The number of aliphatic carboxylic acids is 2. The summed E-state index contributed by atoms with van der Waals surface area (Å²) in [7, 11) is 0. The number of hydrogen-bond donors (Lipinski definition) is 3. The second kappa shape index (κ2) is 12.9. The molecule has 0 spiro atoms. The van der Waals surface area contributed by atoms with E-state index in [1.165, 1.54) is 17.3 Å². The van der Waals surface area contributed by atoms with Crippen LogP contribution in [0.25, 0.3) is 44.4 Å². The van der Waals surface area contributed by atoms with Crippen molar-refractivity contribution in [3.05, 3.63) is 69.3 Å². The third kappa shape index (κ3) is 6.41. The van der Waals surface area contributed by atoms with Crippen molar-refractivity contribution in [1.82, 2.24) is 19.9 Å². The van der Waals surface area contributed by atoms with Crippen molar-refractivity contribution in [1.29, 1.82) is 0 Å². The monoisotopic (exact) mass is 683 g/mol. The third-order valence-electron chi connectivity index (χ3n) is 8.77. The number of thiol groups is 2. The Morgan fingerprint density at radius 2 is 1.42 bits per heavy atom. The zero-order chi connectivity index (χ0) is 31.4. The van der Waals surface area contributed by atoms with Crippen molar-refractivity contribution in [2.45, 2.75) is 70.8 Å². The van der Waals surface area contributed by atoms with Gasteiger partial charge in [0.15, 0.2) is 11.0 Å². The summed E-state index contributed by atoms with van der Waals surface area (Å²) >= 11 is 6.19.